The lowest BCUT2D eigenvalue weighted by Crippen LogP contribution is -1.94. The van der Waals surface area contributed by atoms with Gasteiger partial charge >= 0.3 is 0 Å². The summed E-state index contributed by atoms with van der Waals surface area (Å²) < 4.78 is 0. The zero-order chi connectivity index (χ0) is 12.4. The topological polar surface area (TPSA) is 50.2 Å². The van der Waals surface area contributed by atoms with E-state index in [1.54, 1.807) is 35.2 Å². The Morgan fingerprint density at radius 3 is 3.11 bits per heavy atom. The van der Waals surface area contributed by atoms with Gasteiger partial charge in [0.1, 0.15) is 11.2 Å². The molecule has 0 radical (unpaired) electrons. The van der Waals surface area contributed by atoms with Gasteiger partial charge in [0.25, 0.3) is 0 Å². The van der Waals surface area contributed by atoms with Crippen molar-refractivity contribution in [3.8, 4) is 0 Å². The molecule has 3 aromatic rings. The van der Waals surface area contributed by atoms with Crippen molar-refractivity contribution in [3.63, 3.8) is 0 Å². The number of aromatic nitrogens is 2. The van der Waals surface area contributed by atoms with E-state index in [2.05, 4.69) is 32.8 Å². The Kier molecular flexibility index (Phi) is 3.04. The highest BCUT2D eigenvalue weighted by atomic mass is 32.1. The molecular formula is C12H10N4S2. The SMILES string of the molecule is Cc1csc2ncnc(N/N=C/c3cccs3)c12. The van der Waals surface area contributed by atoms with Crippen molar-refractivity contribution >= 4 is 44.9 Å². The lowest BCUT2D eigenvalue weighted by Gasteiger charge is -2.00. The molecule has 4 nitrogen and oxygen atoms in total. The number of aryl methyl sites for hydroxylation is 1. The lowest BCUT2D eigenvalue weighted by molar-refractivity contribution is 1.19. The second-order valence-electron chi connectivity index (χ2n) is 3.71. The van der Waals surface area contributed by atoms with Gasteiger partial charge in [-0.3, -0.25) is 5.43 Å². The molecular weight excluding hydrogens is 264 g/mol. The van der Waals surface area contributed by atoms with E-state index in [4.69, 9.17) is 0 Å². The summed E-state index contributed by atoms with van der Waals surface area (Å²) in [5.74, 6) is 0.756. The lowest BCUT2D eigenvalue weighted by atomic mass is 10.2. The Morgan fingerprint density at radius 2 is 2.28 bits per heavy atom. The van der Waals surface area contributed by atoms with Gasteiger partial charge in [0, 0.05) is 4.88 Å². The Hall–Kier alpha value is -1.79. The Labute approximate surface area is 112 Å². The Bertz CT molecular complexity index is 685. The third-order valence-corrected chi connectivity index (χ3v) is 4.27. The van der Waals surface area contributed by atoms with Crippen molar-refractivity contribution in [3.05, 3.63) is 39.7 Å². The van der Waals surface area contributed by atoms with Crippen LogP contribution in [0.3, 0.4) is 0 Å². The van der Waals surface area contributed by atoms with E-state index in [0.717, 1.165) is 20.9 Å². The summed E-state index contributed by atoms with van der Waals surface area (Å²) in [5, 5.41) is 9.35. The number of hydrogen-bond donors (Lipinski definition) is 1. The first-order valence-corrected chi connectivity index (χ1v) is 7.12. The molecule has 0 atom stereocenters. The van der Waals surface area contributed by atoms with Crippen LogP contribution in [0, 0.1) is 6.92 Å². The highest BCUT2D eigenvalue weighted by Gasteiger charge is 2.07. The Morgan fingerprint density at radius 1 is 1.33 bits per heavy atom. The largest absolute Gasteiger partial charge is 0.261 e. The minimum Gasteiger partial charge on any atom is -0.261 e. The van der Waals surface area contributed by atoms with Gasteiger partial charge in [-0.2, -0.15) is 5.10 Å². The average Bonchev–Trinajstić information content (AvgIpc) is 3.00. The quantitative estimate of drug-likeness (QED) is 0.587. The molecule has 0 fully saturated rings. The van der Waals surface area contributed by atoms with Crippen LogP contribution in [0.4, 0.5) is 5.82 Å². The van der Waals surface area contributed by atoms with Crippen LogP contribution >= 0.6 is 22.7 Å². The van der Waals surface area contributed by atoms with E-state index < -0.39 is 0 Å². The minimum absolute atomic E-state index is 0.756. The van der Waals surface area contributed by atoms with Crippen molar-refractivity contribution in [2.24, 2.45) is 5.10 Å². The molecule has 1 N–H and O–H groups in total. The summed E-state index contributed by atoms with van der Waals surface area (Å²) in [7, 11) is 0. The van der Waals surface area contributed by atoms with E-state index in [-0.39, 0.29) is 0 Å². The molecule has 3 aromatic heterocycles. The number of fused-ring (bicyclic) bond motifs is 1. The van der Waals surface area contributed by atoms with E-state index in [9.17, 15) is 0 Å². The molecule has 0 spiro atoms. The smallest absolute Gasteiger partial charge is 0.158 e. The summed E-state index contributed by atoms with van der Waals surface area (Å²) in [6.45, 7) is 2.05. The second-order valence-corrected chi connectivity index (χ2v) is 5.54. The summed E-state index contributed by atoms with van der Waals surface area (Å²) in [6.07, 6.45) is 3.35. The summed E-state index contributed by atoms with van der Waals surface area (Å²) in [5.41, 5.74) is 4.16. The summed E-state index contributed by atoms with van der Waals surface area (Å²) in [4.78, 5) is 10.6. The highest BCUT2D eigenvalue weighted by Crippen LogP contribution is 2.28. The van der Waals surface area contributed by atoms with Gasteiger partial charge in [-0.25, -0.2) is 9.97 Å². The molecule has 3 rings (SSSR count). The number of hydrogen-bond acceptors (Lipinski definition) is 6. The molecule has 0 aliphatic carbocycles. The van der Waals surface area contributed by atoms with Gasteiger partial charge < -0.3 is 0 Å². The molecule has 0 unspecified atom stereocenters. The van der Waals surface area contributed by atoms with E-state index in [1.165, 1.54) is 5.56 Å². The highest BCUT2D eigenvalue weighted by molar-refractivity contribution is 7.17. The minimum atomic E-state index is 0.756. The summed E-state index contributed by atoms with van der Waals surface area (Å²) in [6, 6.07) is 4.01. The molecule has 90 valence electrons. The van der Waals surface area contributed by atoms with Crippen LogP contribution in [-0.2, 0) is 0 Å². The number of rotatable bonds is 3. The molecule has 0 amide bonds. The van der Waals surface area contributed by atoms with Crippen molar-refractivity contribution in [1.82, 2.24) is 9.97 Å². The van der Waals surface area contributed by atoms with Crippen molar-refractivity contribution < 1.29 is 0 Å². The van der Waals surface area contributed by atoms with E-state index in [1.807, 2.05) is 17.5 Å². The van der Waals surface area contributed by atoms with Crippen LogP contribution in [0.25, 0.3) is 10.2 Å². The predicted octanol–water partition coefficient (Wildman–Crippen LogP) is 3.51. The van der Waals surface area contributed by atoms with Crippen molar-refractivity contribution in [1.29, 1.82) is 0 Å². The third kappa shape index (κ3) is 2.12. The van der Waals surface area contributed by atoms with Gasteiger partial charge in [-0.15, -0.1) is 22.7 Å². The maximum atomic E-state index is 4.24. The number of nitrogens with one attached hydrogen (secondary N) is 1. The Balaban J connectivity index is 1.89. The maximum absolute atomic E-state index is 4.24. The molecule has 0 saturated heterocycles. The van der Waals surface area contributed by atoms with Crippen LogP contribution in [0.2, 0.25) is 0 Å². The fraction of sp³-hybridized carbons (Fsp3) is 0.0833. The van der Waals surface area contributed by atoms with E-state index in [0.29, 0.717) is 0 Å². The number of hydrazone groups is 1. The van der Waals surface area contributed by atoms with Crippen molar-refractivity contribution in [2.45, 2.75) is 6.92 Å². The fourth-order valence-corrected chi connectivity index (χ4v) is 3.10. The van der Waals surface area contributed by atoms with Crippen LogP contribution < -0.4 is 5.43 Å². The van der Waals surface area contributed by atoms with Crippen LogP contribution in [0.15, 0.2) is 34.3 Å². The number of anilines is 1. The van der Waals surface area contributed by atoms with E-state index >= 15 is 0 Å². The normalized spacial score (nSPS) is 11.4. The van der Waals surface area contributed by atoms with Crippen LogP contribution in [0.1, 0.15) is 10.4 Å². The first-order valence-electron chi connectivity index (χ1n) is 5.36. The van der Waals surface area contributed by atoms with Crippen molar-refractivity contribution in [2.75, 3.05) is 5.43 Å². The first kappa shape index (κ1) is 11.3. The molecule has 0 aromatic carbocycles. The predicted molar refractivity (Wildman–Crippen MR) is 77.7 cm³/mol. The summed E-state index contributed by atoms with van der Waals surface area (Å²) >= 11 is 3.26. The number of nitrogens with zero attached hydrogens (tertiary/aromatic N) is 3. The maximum Gasteiger partial charge on any atom is 0.158 e. The van der Waals surface area contributed by atoms with Gasteiger partial charge in [0.2, 0.25) is 0 Å². The molecule has 3 heterocycles. The zero-order valence-electron chi connectivity index (χ0n) is 9.62. The average molecular weight is 274 g/mol. The molecule has 6 heteroatoms. The second kappa shape index (κ2) is 4.83. The van der Waals surface area contributed by atoms with Gasteiger partial charge in [-0.1, -0.05) is 6.07 Å². The third-order valence-electron chi connectivity index (χ3n) is 2.46. The molecule has 18 heavy (non-hydrogen) atoms. The molecule has 0 aliphatic rings. The van der Waals surface area contributed by atoms with Gasteiger partial charge in [0.05, 0.1) is 11.6 Å². The zero-order valence-corrected chi connectivity index (χ0v) is 11.3. The first-order chi connectivity index (χ1) is 8.84. The molecule has 0 bridgehead atoms. The standard InChI is InChI=1S/C12H10N4S2/c1-8-6-18-12-10(8)11(13-7-14-12)16-15-5-9-3-2-4-17-9/h2-7H,1H3,(H,13,14,16)/b15-5+. The molecule has 0 aliphatic heterocycles. The number of thiophene rings is 2. The van der Waals surface area contributed by atoms with Crippen LogP contribution in [0.5, 0.6) is 0 Å². The van der Waals surface area contributed by atoms with Crippen LogP contribution in [-0.4, -0.2) is 16.2 Å². The monoisotopic (exact) mass is 274 g/mol. The molecule has 0 saturated carbocycles. The fourth-order valence-electron chi connectivity index (χ4n) is 1.62. The van der Waals surface area contributed by atoms with Gasteiger partial charge in [0.15, 0.2) is 5.82 Å². The van der Waals surface area contributed by atoms with Gasteiger partial charge in [-0.05, 0) is 29.3 Å².